The fourth-order valence-electron chi connectivity index (χ4n) is 2.49. The van der Waals surface area contributed by atoms with E-state index in [1.807, 2.05) is 30.3 Å². The summed E-state index contributed by atoms with van der Waals surface area (Å²) < 4.78 is 0. The van der Waals surface area contributed by atoms with Crippen molar-refractivity contribution in [3.05, 3.63) is 66.0 Å². The maximum atomic E-state index is 12.6. The van der Waals surface area contributed by atoms with Crippen molar-refractivity contribution in [2.45, 2.75) is 6.92 Å². The topological polar surface area (TPSA) is 75.2 Å². The second-order valence-electron chi connectivity index (χ2n) is 5.62. The number of rotatable bonds is 4. The highest BCUT2D eigenvalue weighted by atomic mass is 32.1. The number of carbonyl (C=O) groups excluding carboxylic acids is 2. The van der Waals surface area contributed by atoms with Gasteiger partial charge in [-0.05, 0) is 25.2 Å². The molecule has 1 aromatic carbocycles. The zero-order valence-electron chi connectivity index (χ0n) is 14.1. The molecule has 1 saturated heterocycles. The van der Waals surface area contributed by atoms with Gasteiger partial charge in [0.05, 0.1) is 0 Å². The molecule has 7 heteroatoms. The average molecular weight is 364 g/mol. The molecule has 1 aromatic heterocycles. The first-order valence-corrected chi connectivity index (χ1v) is 8.31. The molecule has 0 bridgehead atoms. The van der Waals surface area contributed by atoms with Crippen LogP contribution in [0.5, 0.6) is 0 Å². The van der Waals surface area contributed by atoms with E-state index < -0.39 is 11.8 Å². The number of aryl methyl sites for hydroxylation is 1. The maximum Gasteiger partial charge on any atom is 0.265 e. The monoisotopic (exact) mass is 364 g/mol. The molecule has 1 fully saturated rings. The quantitative estimate of drug-likeness (QED) is 0.390. The van der Waals surface area contributed by atoms with Crippen molar-refractivity contribution in [3.8, 4) is 11.4 Å². The predicted molar refractivity (Wildman–Crippen MR) is 103 cm³/mol. The fourth-order valence-corrected chi connectivity index (χ4v) is 2.74. The van der Waals surface area contributed by atoms with Crippen LogP contribution in [-0.4, -0.2) is 38.3 Å². The smallest absolute Gasteiger partial charge is 0.265 e. The molecule has 0 atom stereocenters. The standard InChI is InChI=1S/C19H16N4O2S/c1-3-9-23-18(25)15(17(24)22-19(23)26)10-14-11-20-16(21-12(14)2)13-7-5-4-6-8-13/h3-8,10-11H,1,9H2,2H3,(H,22,24,26). The van der Waals surface area contributed by atoms with Gasteiger partial charge in [-0.15, -0.1) is 6.58 Å². The molecule has 1 N–H and O–H groups in total. The summed E-state index contributed by atoms with van der Waals surface area (Å²) in [6, 6.07) is 9.57. The van der Waals surface area contributed by atoms with Crippen LogP contribution in [0.4, 0.5) is 0 Å². The summed E-state index contributed by atoms with van der Waals surface area (Å²) in [6.07, 6.45) is 4.63. The summed E-state index contributed by atoms with van der Waals surface area (Å²) in [5.74, 6) is -0.420. The van der Waals surface area contributed by atoms with Gasteiger partial charge >= 0.3 is 0 Å². The first-order valence-electron chi connectivity index (χ1n) is 7.90. The fraction of sp³-hybridized carbons (Fsp3) is 0.105. The van der Waals surface area contributed by atoms with E-state index in [0.29, 0.717) is 17.1 Å². The van der Waals surface area contributed by atoms with Crippen molar-refractivity contribution >= 4 is 35.2 Å². The highest BCUT2D eigenvalue weighted by Crippen LogP contribution is 2.19. The highest BCUT2D eigenvalue weighted by Gasteiger charge is 2.32. The summed E-state index contributed by atoms with van der Waals surface area (Å²) in [5, 5.41) is 2.59. The largest absolute Gasteiger partial charge is 0.298 e. The third kappa shape index (κ3) is 3.43. The van der Waals surface area contributed by atoms with Gasteiger partial charge in [0.1, 0.15) is 5.57 Å². The summed E-state index contributed by atoms with van der Waals surface area (Å²) in [7, 11) is 0. The molecule has 0 spiro atoms. The second-order valence-corrected chi connectivity index (χ2v) is 6.01. The van der Waals surface area contributed by atoms with Crippen LogP contribution in [0.25, 0.3) is 17.5 Å². The van der Waals surface area contributed by atoms with Crippen LogP contribution < -0.4 is 5.32 Å². The Morgan fingerprint density at radius 2 is 2.00 bits per heavy atom. The number of thiocarbonyl (C=S) groups is 1. The molecular weight excluding hydrogens is 348 g/mol. The lowest BCUT2D eigenvalue weighted by atomic mass is 10.1. The molecule has 0 saturated carbocycles. The van der Waals surface area contributed by atoms with Crippen molar-refractivity contribution in [2.24, 2.45) is 0 Å². The predicted octanol–water partition coefficient (Wildman–Crippen LogP) is 2.26. The number of hydrogen-bond acceptors (Lipinski definition) is 5. The Morgan fingerprint density at radius 1 is 1.27 bits per heavy atom. The second kappa shape index (κ2) is 7.37. The number of amides is 2. The Balaban J connectivity index is 1.96. The van der Waals surface area contributed by atoms with Gasteiger partial charge in [0.15, 0.2) is 10.9 Å². The Labute approximate surface area is 156 Å². The third-order valence-corrected chi connectivity index (χ3v) is 4.17. The zero-order chi connectivity index (χ0) is 18.7. The van der Waals surface area contributed by atoms with Gasteiger partial charge < -0.3 is 0 Å². The number of aromatic nitrogens is 2. The van der Waals surface area contributed by atoms with Crippen molar-refractivity contribution in [2.75, 3.05) is 6.54 Å². The molecule has 2 amide bonds. The molecular formula is C19H16N4O2S. The van der Waals surface area contributed by atoms with Gasteiger partial charge in [0, 0.05) is 29.6 Å². The molecule has 2 aromatic rings. The number of nitrogens with one attached hydrogen (secondary N) is 1. The van der Waals surface area contributed by atoms with E-state index in [4.69, 9.17) is 12.2 Å². The van der Waals surface area contributed by atoms with E-state index in [1.165, 1.54) is 11.0 Å². The third-order valence-electron chi connectivity index (χ3n) is 3.85. The lowest BCUT2D eigenvalue weighted by molar-refractivity contribution is -0.128. The van der Waals surface area contributed by atoms with E-state index in [1.54, 1.807) is 19.2 Å². The Kier molecular flexibility index (Phi) is 4.99. The average Bonchev–Trinajstić information content (AvgIpc) is 2.64. The van der Waals surface area contributed by atoms with Gasteiger partial charge in [-0.3, -0.25) is 19.8 Å². The van der Waals surface area contributed by atoms with Crippen LogP contribution in [-0.2, 0) is 9.59 Å². The van der Waals surface area contributed by atoms with Crippen LogP contribution in [0.3, 0.4) is 0 Å². The minimum absolute atomic E-state index is 0.0142. The summed E-state index contributed by atoms with van der Waals surface area (Å²) in [6.45, 7) is 5.62. The summed E-state index contributed by atoms with van der Waals surface area (Å²) in [4.78, 5) is 34.8. The Bertz CT molecular complexity index is 938. The molecule has 3 rings (SSSR count). The van der Waals surface area contributed by atoms with Crippen LogP contribution >= 0.6 is 12.2 Å². The molecule has 1 aliphatic rings. The molecule has 26 heavy (non-hydrogen) atoms. The van der Waals surface area contributed by atoms with Gasteiger partial charge in [-0.25, -0.2) is 9.97 Å². The number of carbonyl (C=O) groups is 2. The summed E-state index contributed by atoms with van der Waals surface area (Å²) in [5.41, 5.74) is 2.13. The minimum Gasteiger partial charge on any atom is -0.298 e. The van der Waals surface area contributed by atoms with Crippen LogP contribution in [0.1, 0.15) is 11.3 Å². The molecule has 0 radical (unpaired) electrons. The minimum atomic E-state index is -0.535. The Morgan fingerprint density at radius 3 is 2.65 bits per heavy atom. The lowest BCUT2D eigenvalue weighted by Gasteiger charge is -2.27. The van der Waals surface area contributed by atoms with Gasteiger partial charge in [-0.1, -0.05) is 36.4 Å². The first kappa shape index (κ1) is 17.6. The van der Waals surface area contributed by atoms with Crippen LogP contribution in [0, 0.1) is 6.92 Å². The zero-order valence-corrected chi connectivity index (χ0v) is 14.9. The molecule has 1 aliphatic heterocycles. The van der Waals surface area contributed by atoms with Crippen LogP contribution in [0.2, 0.25) is 0 Å². The molecule has 2 heterocycles. The van der Waals surface area contributed by atoms with E-state index in [-0.39, 0.29) is 17.2 Å². The van der Waals surface area contributed by atoms with Gasteiger partial charge in [0.25, 0.3) is 11.8 Å². The molecule has 130 valence electrons. The van der Waals surface area contributed by atoms with E-state index >= 15 is 0 Å². The van der Waals surface area contributed by atoms with E-state index in [0.717, 1.165) is 5.56 Å². The highest BCUT2D eigenvalue weighted by molar-refractivity contribution is 7.80. The lowest BCUT2D eigenvalue weighted by Crippen LogP contribution is -2.53. The Hall–Kier alpha value is -3.19. The van der Waals surface area contributed by atoms with Gasteiger partial charge in [0.2, 0.25) is 0 Å². The van der Waals surface area contributed by atoms with E-state index in [9.17, 15) is 9.59 Å². The van der Waals surface area contributed by atoms with Crippen molar-refractivity contribution < 1.29 is 9.59 Å². The van der Waals surface area contributed by atoms with E-state index in [2.05, 4.69) is 21.9 Å². The van der Waals surface area contributed by atoms with Crippen LogP contribution in [0.15, 0.2) is 54.8 Å². The maximum absolute atomic E-state index is 12.6. The SMILES string of the molecule is C=CCN1C(=O)C(=Cc2cnc(-c3ccccc3)nc2C)C(=O)NC1=S. The van der Waals surface area contributed by atoms with Crippen molar-refractivity contribution in [3.63, 3.8) is 0 Å². The number of hydrogen-bond donors (Lipinski definition) is 1. The molecule has 0 aliphatic carbocycles. The van der Waals surface area contributed by atoms with Crippen molar-refractivity contribution in [1.82, 2.24) is 20.2 Å². The van der Waals surface area contributed by atoms with Crippen molar-refractivity contribution in [1.29, 1.82) is 0 Å². The van der Waals surface area contributed by atoms with Gasteiger partial charge in [-0.2, -0.15) is 0 Å². The number of nitrogens with zero attached hydrogens (tertiary/aromatic N) is 3. The summed E-state index contributed by atoms with van der Waals surface area (Å²) >= 11 is 5.03. The normalized spacial score (nSPS) is 16.0. The molecule has 0 unspecified atom stereocenters. The number of benzene rings is 1. The first-order chi connectivity index (χ1) is 12.5. The molecule has 6 nitrogen and oxygen atoms in total.